The van der Waals surface area contributed by atoms with E-state index in [4.69, 9.17) is 5.73 Å². The summed E-state index contributed by atoms with van der Waals surface area (Å²) in [7, 11) is 0. The molecule has 0 aliphatic carbocycles. The largest absolute Gasteiger partial charge is 0.371 e. The fourth-order valence-corrected chi connectivity index (χ4v) is 1.81. The molecule has 1 aromatic rings. The lowest BCUT2D eigenvalue weighted by molar-refractivity contribution is 0.501. The molecule has 1 aliphatic heterocycles. The molecule has 1 heterocycles. The van der Waals surface area contributed by atoms with Gasteiger partial charge in [-0.3, -0.25) is 0 Å². The molecule has 0 atom stereocenters. The second-order valence-corrected chi connectivity index (χ2v) is 3.80. The quantitative estimate of drug-likeness (QED) is 0.847. The smallest absolute Gasteiger partial charge is 0.123 e. The summed E-state index contributed by atoms with van der Waals surface area (Å²) in [6.45, 7) is 1.96. The Kier molecular flexibility index (Phi) is 6.72. The van der Waals surface area contributed by atoms with Crippen LogP contribution in [-0.2, 0) is 0 Å². The van der Waals surface area contributed by atoms with Crippen molar-refractivity contribution in [2.24, 2.45) is 5.73 Å². The number of anilines is 1. The maximum atomic E-state index is 12.7. The summed E-state index contributed by atoms with van der Waals surface area (Å²) >= 11 is 0. The maximum absolute atomic E-state index is 12.7. The molecule has 5 heteroatoms. The van der Waals surface area contributed by atoms with Crippen molar-refractivity contribution >= 4 is 30.5 Å². The van der Waals surface area contributed by atoms with Gasteiger partial charge in [-0.05, 0) is 37.1 Å². The molecule has 2 rings (SSSR count). The third-order valence-corrected chi connectivity index (χ3v) is 2.73. The van der Waals surface area contributed by atoms with Crippen LogP contribution < -0.4 is 10.6 Å². The molecule has 2 N–H and O–H groups in total. The molecule has 16 heavy (non-hydrogen) atoms. The second-order valence-electron chi connectivity index (χ2n) is 3.80. The number of halogens is 3. The van der Waals surface area contributed by atoms with Crippen LogP contribution in [0, 0.1) is 5.82 Å². The Morgan fingerprint density at radius 2 is 1.56 bits per heavy atom. The average Bonchev–Trinajstić information content (AvgIpc) is 2.21. The van der Waals surface area contributed by atoms with Crippen LogP contribution in [-0.4, -0.2) is 19.1 Å². The van der Waals surface area contributed by atoms with E-state index < -0.39 is 0 Å². The van der Waals surface area contributed by atoms with Gasteiger partial charge in [-0.2, -0.15) is 0 Å². The van der Waals surface area contributed by atoms with E-state index in [0.717, 1.165) is 31.6 Å². The Bertz CT molecular complexity index is 297. The first-order valence-corrected chi connectivity index (χ1v) is 5.02. The van der Waals surface area contributed by atoms with E-state index in [1.165, 1.54) is 12.1 Å². The number of rotatable bonds is 1. The molecule has 92 valence electrons. The van der Waals surface area contributed by atoms with Gasteiger partial charge in [0.15, 0.2) is 0 Å². The molecular formula is C11H17Cl2FN2. The van der Waals surface area contributed by atoms with Gasteiger partial charge in [0.2, 0.25) is 0 Å². The number of hydrogen-bond donors (Lipinski definition) is 1. The predicted molar refractivity (Wildman–Crippen MR) is 70.3 cm³/mol. The molecular weight excluding hydrogens is 250 g/mol. The van der Waals surface area contributed by atoms with Gasteiger partial charge in [0.1, 0.15) is 5.82 Å². The summed E-state index contributed by atoms with van der Waals surface area (Å²) in [5, 5.41) is 0. The molecule has 1 saturated heterocycles. The Morgan fingerprint density at radius 1 is 1.06 bits per heavy atom. The van der Waals surface area contributed by atoms with E-state index in [1.807, 2.05) is 12.1 Å². The predicted octanol–water partition coefficient (Wildman–Crippen LogP) is 2.60. The Morgan fingerprint density at radius 3 is 2.06 bits per heavy atom. The van der Waals surface area contributed by atoms with Crippen LogP contribution in [0.5, 0.6) is 0 Å². The monoisotopic (exact) mass is 266 g/mol. The third-order valence-electron chi connectivity index (χ3n) is 2.73. The highest BCUT2D eigenvalue weighted by Crippen LogP contribution is 2.19. The number of piperidine rings is 1. The molecule has 2 nitrogen and oxygen atoms in total. The maximum Gasteiger partial charge on any atom is 0.123 e. The van der Waals surface area contributed by atoms with Crippen LogP contribution in [0.25, 0.3) is 0 Å². The van der Waals surface area contributed by atoms with E-state index in [-0.39, 0.29) is 30.6 Å². The second kappa shape index (κ2) is 6.94. The van der Waals surface area contributed by atoms with Crippen molar-refractivity contribution in [3.8, 4) is 0 Å². The van der Waals surface area contributed by atoms with Gasteiger partial charge >= 0.3 is 0 Å². The number of nitrogens with zero attached hydrogens (tertiary/aromatic N) is 1. The molecule has 0 spiro atoms. The van der Waals surface area contributed by atoms with Crippen LogP contribution in [0.1, 0.15) is 12.8 Å². The van der Waals surface area contributed by atoms with E-state index in [0.29, 0.717) is 6.04 Å². The fraction of sp³-hybridized carbons (Fsp3) is 0.455. The van der Waals surface area contributed by atoms with Gasteiger partial charge < -0.3 is 10.6 Å². The van der Waals surface area contributed by atoms with E-state index in [2.05, 4.69) is 4.90 Å². The summed E-state index contributed by atoms with van der Waals surface area (Å²) in [5.74, 6) is -0.178. The standard InChI is InChI=1S/C11H15FN2.2ClH/c12-9-1-3-11(4-2-9)14-7-5-10(13)6-8-14;;/h1-4,10H,5-8,13H2;2*1H. The van der Waals surface area contributed by atoms with Crippen LogP contribution in [0.2, 0.25) is 0 Å². The summed E-state index contributed by atoms with van der Waals surface area (Å²) in [5.41, 5.74) is 6.91. The fourth-order valence-electron chi connectivity index (χ4n) is 1.81. The van der Waals surface area contributed by atoms with Crippen LogP contribution in [0.3, 0.4) is 0 Å². The summed E-state index contributed by atoms with van der Waals surface area (Å²) in [6, 6.07) is 7.00. The van der Waals surface area contributed by atoms with Gasteiger partial charge in [-0.15, -0.1) is 24.8 Å². The SMILES string of the molecule is Cl.Cl.NC1CCN(c2ccc(F)cc2)CC1. The minimum Gasteiger partial charge on any atom is -0.371 e. The van der Waals surface area contributed by atoms with Crippen molar-refractivity contribution in [2.45, 2.75) is 18.9 Å². The molecule has 0 aromatic heterocycles. The molecule has 0 radical (unpaired) electrons. The number of hydrogen-bond acceptors (Lipinski definition) is 2. The van der Waals surface area contributed by atoms with Gasteiger partial charge in [0, 0.05) is 24.8 Å². The molecule has 1 fully saturated rings. The van der Waals surface area contributed by atoms with Crippen molar-refractivity contribution in [1.29, 1.82) is 0 Å². The van der Waals surface area contributed by atoms with E-state index in [1.54, 1.807) is 0 Å². The minimum atomic E-state index is -0.178. The van der Waals surface area contributed by atoms with Gasteiger partial charge in [0.25, 0.3) is 0 Å². The summed E-state index contributed by atoms with van der Waals surface area (Å²) in [6.07, 6.45) is 2.05. The summed E-state index contributed by atoms with van der Waals surface area (Å²) < 4.78 is 12.7. The van der Waals surface area contributed by atoms with Gasteiger partial charge in [-0.1, -0.05) is 0 Å². The Labute approximate surface area is 108 Å². The van der Waals surface area contributed by atoms with Crippen molar-refractivity contribution in [3.05, 3.63) is 30.1 Å². The van der Waals surface area contributed by atoms with Crippen LogP contribution >= 0.6 is 24.8 Å². The minimum absolute atomic E-state index is 0. The van der Waals surface area contributed by atoms with Crippen molar-refractivity contribution in [1.82, 2.24) is 0 Å². The zero-order valence-corrected chi connectivity index (χ0v) is 10.6. The number of benzene rings is 1. The molecule has 0 unspecified atom stereocenters. The van der Waals surface area contributed by atoms with Crippen LogP contribution in [0.15, 0.2) is 24.3 Å². The highest BCUT2D eigenvalue weighted by molar-refractivity contribution is 5.85. The van der Waals surface area contributed by atoms with Crippen molar-refractivity contribution in [2.75, 3.05) is 18.0 Å². The molecule has 1 aliphatic rings. The van der Waals surface area contributed by atoms with Gasteiger partial charge in [-0.25, -0.2) is 4.39 Å². The lowest BCUT2D eigenvalue weighted by Crippen LogP contribution is -2.39. The molecule has 1 aromatic carbocycles. The lowest BCUT2D eigenvalue weighted by atomic mass is 10.1. The highest BCUT2D eigenvalue weighted by Gasteiger charge is 2.15. The van der Waals surface area contributed by atoms with Crippen LogP contribution in [0.4, 0.5) is 10.1 Å². The van der Waals surface area contributed by atoms with E-state index in [9.17, 15) is 4.39 Å². The third kappa shape index (κ3) is 3.81. The highest BCUT2D eigenvalue weighted by atomic mass is 35.5. The molecule has 0 bridgehead atoms. The Hall–Kier alpha value is -0.510. The zero-order valence-electron chi connectivity index (χ0n) is 8.93. The summed E-state index contributed by atoms with van der Waals surface area (Å²) in [4.78, 5) is 2.25. The topological polar surface area (TPSA) is 29.3 Å². The first-order valence-electron chi connectivity index (χ1n) is 5.02. The lowest BCUT2D eigenvalue weighted by Gasteiger charge is -2.31. The molecule has 0 saturated carbocycles. The average molecular weight is 267 g/mol. The first kappa shape index (κ1) is 15.5. The first-order chi connectivity index (χ1) is 6.75. The normalized spacial score (nSPS) is 16.2. The van der Waals surface area contributed by atoms with Gasteiger partial charge in [0.05, 0.1) is 0 Å². The Balaban J connectivity index is 0.00000112. The van der Waals surface area contributed by atoms with Crippen molar-refractivity contribution in [3.63, 3.8) is 0 Å². The zero-order chi connectivity index (χ0) is 9.97. The van der Waals surface area contributed by atoms with Crippen molar-refractivity contribution < 1.29 is 4.39 Å². The number of nitrogens with two attached hydrogens (primary N) is 1. The molecule has 0 amide bonds. The van der Waals surface area contributed by atoms with E-state index >= 15 is 0 Å².